The van der Waals surface area contributed by atoms with Gasteiger partial charge >= 0.3 is 0 Å². The summed E-state index contributed by atoms with van der Waals surface area (Å²) in [6, 6.07) is 8.46. The molecule has 0 saturated heterocycles. The van der Waals surface area contributed by atoms with Crippen molar-refractivity contribution in [3.05, 3.63) is 35.4 Å². The molecule has 0 spiro atoms. The second kappa shape index (κ2) is 8.23. The van der Waals surface area contributed by atoms with E-state index in [1.807, 2.05) is 20.9 Å². The van der Waals surface area contributed by atoms with Gasteiger partial charge in [-0.1, -0.05) is 24.3 Å². The Morgan fingerprint density at radius 2 is 1.71 bits per heavy atom. The van der Waals surface area contributed by atoms with Crippen LogP contribution in [0.3, 0.4) is 0 Å². The minimum atomic E-state index is 0.277. The fourth-order valence-electron chi connectivity index (χ4n) is 1.49. The summed E-state index contributed by atoms with van der Waals surface area (Å²) >= 11 is 0. The van der Waals surface area contributed by atoms with Crippen LogP contribution in [0.15, 0.2) is 24.3 Å². The second-order valence-electron chi connectivity index (χ2n) is 4.32. The van der Waals surface area contributed by atoms with E-state index in [-0.39, 0.29) is 6.10 Å². The molecule has 1 aromatic carbocycles. The van der Waals surface area contributed by atoms with Gasteiger partial charge in [0.15, 0.2) is 0 Å². The monoisotopic (exact) mass is 237 g/mol. The number of benzene rings is 1. The van der Waals surface area contributed by atoms with Crippen molar-refractivity contribution in [2.45, 2.75) is 33.1 Å². The zero-order valence-electron chi connectivity index (χ0n) is 11.0. The Bertz CT molecular complexity index is 296. The van der Waals surface area contributed by atoms with E-state index in [0.717, 1.165) is 6.54 Å². The van der Waals surface area contributed by atoms with Crippen LogP contribution in [0.5, 0.6) is 0 Å². The summed E-state index contributed by atoms with van der Waals surface area (Å²) in [7, 11) is 1.95. The molecule has 1 N–H and O–H groups in total. The van der Waals surface area contributed by atoms with Crippen LogP contribution in [0.25, 0.3) is 0 Å². The maximum absolute atomic E-state index is 5.53. The van der Waals surface area contributed by atoms with Crippen LogP contribution in [0.1, 0.15) is 25.0 Å². The molecule has 3 nitrogen and oxygen atoms in total. The fourth-order valence-corrected chi connectivity index (χ4v) is 1.49. The summed E-state index contributed by atoms with van der Waals surface area (Å²) < 4.78 is 10.9. The largest absolute Gasteiger partial charge is 0.376 e. The highest BCUT2D eigenvalue weighted by atomic mass is 16.5. The van der Waals surface area contributed by atoms with Crippen molar-refractivity contribution in [3.63, 3.8) is 0 Å². The minimum absolute atomic E-state index is 0.277. The summed E-state index contributed by atoms with van der Waals surface area (Å²) in [6.07, 6.45) is 0.277. The van der Waals surface area contributed by atoms with E-state index in [1.54, 1.807) is 0 Å². The van der Waals surface area contributed by atoms with Crippen LogP contribution >= 0.6 is 0 Å². The predicted octanol–water partition coefficient (Wildman–Crippen LogP) is 2.35. The lowest BCUT2D eigenvalue weighted by Gasteiger charge is -2.08. The molecule has 0 aliphatic carbocycles. The van der Waals surface area contributed by atoms with Gasteiger partial charge in [0.2, 0.25) is 0 Å². The molecule has 0 atom stereocenters. The van der Waals surface area contributed by atoms with Gasteiger partial charge in [-0.05, 0) is 32.0 Å². The third-order valence-corrected chi connectivity index (χ3v) is 2.35. The van der Waals surface area contributed by atoms with Crippen LogP contribution in [0.2, 0.25) is 0 Å². The molecule has 0 bridgehead atoms. The lowest BCUT2D eigenvalue weighted by atomic mass is 10.1. The highest BCUT2D eigenvalue weighted by molar-refractivity contribution is 5.21. The first kappa shape index (κ1) is 14.2. The number of ether oxygens (including phenoxy) is 2. The molecule has 0 aliphatic rings. The Morgan fingerprint density at radius 3 is 2.29 bits per heavy atom. The summed E-state index contributed by atoms with van der Waals surface area (Å²) in [5.41, 5.74) is 2.49. The van der Waals surface area contributed by atoms with Crippen molar-refractivity contribution in [1.82, 2.24) is 5.32 Å². The highest BCUT2D eigenvalue weighted by Crippen LogP contribution is 2.05. The Labute approximate surface area is 104 Å². The van der Waals surface area contributed by atoms with Crippen LogP contribution < -0.4 is 5.32 Å². The molecule has 0 amide bonds. The highest BCUT2D eigenvalue weighted by Gasteiger charge is 1.96. The normalized spacial score (nSPS) is 11.1. The molecular weight excluding hydrogens is 214 g/mol. The van der Waals surface area contributed by atoms with Gasteiger partial charge in [-0.25, -0.2) is 0 Å². The first-order valence-electron chi connectivity index (χ1n) is 6.14. The van der Waals surface area contributed by atoms with Crippen LogP contribution in [0.4, 0.5) is 0 Å². The lowest BCUT2D eigenvalue weighted by molar-refractivity contribution is 0.0143. The summed E-state index contributed by atoms with van der Waals surface area (Å²) in [6.45, 7) is 6.93. The number of hydrogen-bond acceptors (Lipinski definition) is 3. The van der Waals surface area contributed by atoms with Gasteiger partial charge in [0, 0.05) is 6.54 Å². The molecule has 0 aromatic heterocycles. The van der Waals surface area contributed by atoms with Gasteiger partial charge < -0.3 is 14.8 Å². The smallest absolute Gasteiger partial charge is 0.0718 e. The molecule has 96 valence electrons. The van der Waals surface area contributed by atoms with E-state index >= 15 is 0 Å². The SMILES string of the molecule is CNCc1ccc(COCCOC(C)C)cc1. The zero-order valence-corrected chi connectivity index (χ0v) is 11.0. The van der Waals surface area contributed by atoms with Crippen molar-refractivity contribution in [3.8, 4) is 0 Å². The molecule has 0 aliphatic heterocycles. The van der Waals surface area contributed by atoms with E-state index in [9.17, 15) is 0 Å². The average molecular weight is 237 g/mol. The molecular formula is C14H23NO2. The molecule has 3 heteroatoms. The van der Waals surface area contributed by atoms with Crippen LogP contribution in [-0.4, -0.2) is 26.4 Å². The summed E-state index contributed by atoms with van der Waals surface area (Å²) in [5.74, 6) is 0. The van der Waals surface area contributed by atoms with Crippen molar-refractivity contribution < 1.29 is 9.47 Å². The second-order valence-corrected chi connectivity index (χ2v) is 4.32. The Morgan fingerprint density at radius 1 is 1.06 bits per heavy atom. The van der Waals surface area contributed by atoms with Gasteiger partial charge in [0.1, 0.15) is 0 Å². The first-order valence-corrected chi connectivity index (χ1v) is 6.14. The van der Waals surface area contributed by atoms with Crippen molar-refractivity contribution in [2.24, 2.45) is 0 Å². The molecule has 1 rings (SSSR count). The Kier molecular flexibility index (Phi) is 6.86. The van der Waals surface area contributed by atoms with E-state index in [0.29, 0.717) is 19.8 Å². The van der Waals surface area contributed by atoms with Gasteiger partial charge in [-0.2, -0.15) is 0 Å². The van der Waals surface area contributed by atoms with Crippen molar-refractivity contribution >= 4 is 0 Å². The molecule has 17 heavy (non-hydrogen) atoms. The first-order chi connectivity index (χ1) is 8.22. The van der Waals surface area contributed by atoms with Gasteiger partial charge in [0.05, 0.1) is 25.9 Å². The van der Waals surface area contributed by atoms with E-state index in [2.05, 4.69) is 29.6 Å². The van der Waals surface area contributed by atoms with Crippen LogP contribution in [0, 0.1) is 0 Å². The Balaban J connectivity index is 2.18. The summed E-state index contributed by atoms with van der Waals surface area (Å²) in [5, 5.41) is 3.13. The van der Waals surface area contributed by atoms with Gasteiger partial charge in [-0.15, -0.1) is 0 Å². The average Bonchev–Trinajstić information content (AvgIpc) is 2.31. The van der Waals surface area contributed by atoms with E-state index in [4.69, 9.17) is 9.47 Å². The molecule has 0 saturated carbocycles. The molecule has 0 fully saturated rings. The maximum Gasteiger partial charge on any atom is 0.0718 e. The molecule has 0 radical (unpaired) electrons. The van der Waals surface area contributed by atoms with Crippen molar-refractivity contribution in [1.29, 1.82) is 0 Å². The summed E-state index contributed by atoms with van der Waals surface area (Å²) in [4.78, 5) is 0. The standard InChI is InChI=1S/C14H23NO2/c1-12(2)17-9-8-16-11-14-6-4-13(5-7-14)10-15-3/h4-7,12,15H,8-11H2,1-3H3. The minimum Gasteiger partial charge on any atom is -0.376 e. The quantitative estimate of drug-likeness (QED) is 0.704. The van der Waals surface area contributed by atoms with E-state index in [1.165, 1.54) is 11.1 Å². The number of rotatable bonds is 8. The molecule has 0 heterocycles. The topological polar surface area (TPSA) is 30.5 Å². The zero-order chi connectivity index (χ0) is 12.5. The third kappa shape index (κ3) is 6.41. The fraction of sp³-hybridized carbons (Fsp3) is 0.571. The van der Waals surface area contributed by atoms with Crippen molar-refractivity contribution in [2.75, 3.05) is 20.3 Å². The predicted molar refractivity (Wildman–Crippen MR) is 69.9 cm³/mol. The number of nitrogens with one attached hydrogen (secondary N) is 1. The lowest BCUT2D eigenvalue weighted by Crippen LogP contribution is -2.09. The maximum atomic E-state index is 5.53. The molecule has 0 unspecified atom stereocenters. The van der Waals surface area contributed by atoms with Gasteiger partial charge in [0.25, 0.3) is 0 Å². The van der Waals surface area contributed by atoms with Gasteiger partial charge in [-0.3, -0.25) is 0 Å². The Hall–Kier alpha value is -0.900. The van der Waals surface area contributed by atoms with E-state index < -0.39 is 0 Å². The molecule has 1 aromatic rings. The number of hydrogen-bond donors (Lipinski definition) is 1. The third-order valence-electron chi connectivity index (χ3n) is 2.35. The van der Waals surface area contributed by atoms with Crippen LogP contribution in [-0.2, 0) is 22.6 Å².